The number of anilines is 1. The SMILES string of the molecule is COc1cc2c(cc1O)CCCN2C=O. The maximum Gasteiger partial charge on any atom is 0.214 e. The Balaban J connectivity index is 2.50. The predicted octanol–water partition coefficient (Wildman–Crippen LogP) is 1.31. The predicted molar refractivity (Wildman–Crippen MR) is 56.4 cm³/mol. The van der Waals surface area contributed by atoms with E-state index >= 15 is 0 Å². The number of methoxy groups -OCH3 is 1. The summed E-state index contributed by atoms with van der Waals surface area (Å²) in [5, 5.41) is 9.59. The Labute approximate surface area is 88.1 Å². The summed E-state index contributed by atoms with van der Waals surface area (Å²) in [5.74, 6) is 0.534. The number of rotatable bonds is 2. The van der Waals surface area contributed by atoms with Crippen molar-refractivity contribution in [2.45, 2.75) is 12.8 Å². The van der Waals surface area contributed by atoms with Crippen molar-refractivity contribution in [1.82, 2.24) is 0 Å². The maximum absolute atomic E-state index is 10.8. The first-order valence-electron chi connectivity index (χ1n) is 4.88. The van der Waals surface area contributed by atoms with E-state index in [9.17, 15) is 9.90 Å². The molecule has 0 bridgehead atoms. The summed E-state index contributed by atoms with van der Waals surface area (Å²) in [6.45, 7) is 0.727. The molecule has 0 fully saturated rings. The topological polar surface area (TPSA) is 49.8 Å². The van der Waals surface area contributed by atoms with Crippen LogP contribution in [0.4, 0.5) is 5.69 Å². The molecule has 1 aromatic rings. The number of hydrogen-bond acceptors (Lipinski definition) is 3. The Morgan fingerprint density at radius 1 is 1.53 bits per heavy atom. The largest absolute Gasteiger partial charge is 0.504 e. The molecule has 1 amide bonds. The van der Waals surface area contributed by atoms with Gasteiger partial charge in [0.15, 0.2) is 11.5 Å². The molecule has 4 heteroatoms. The van der Waals surface area contributed by atoms with Crippen LogP contribution in [0.1, 0.15) is 12.0 Å². The highest BCUT2D eigenvalue weighted by atomic mass is 16.5. The Morgan fingerprint density at radius 3 is 3.00 bits per heavy atom. The average Bonchev–Trinajstić information content (AvgIpc) is 2.27. The first-order valence-corrected chi connectivity index (χ1v) is 4.88. The number of hydrogen-bond donors (Lipinski definition) is 1. The lowest BCUT2D eigenvalue weighted by Crippen LogP contribution is -2.27. The van der Waals surface area contributed by atoms with Crippen LogP contribution in [0, 0.1) is 0 Å². The van der Waals surface area contributed by atoms with Crippen molar-refractivity contribution in [3.05, 3.63) is 17.7 Å². The van der Waals surface area contributed by atoms with Gasteiger partial charge in [0.1, 0.15) is 0 Å². The zero-order chi connectivity index (χ0) is 10.8. The lowest BCUT2D eigenvalue weighted by atomic mass is 10.0. The quantitative estimate of drug-likeness (QED) is 0.744. The Hall–Kier alpha value is -1.71. The number of carbonyl (C=O) groups is 1. The van der Waals surface area contributed by atoms with Crippen molar-refractivity contribution >= 4 is 12.1 Å². The standard InChI is InChI=1S/C11H13NO3/c1-15-11-6-9-8(5-10(11)14)3-2-4-12(9)7-13/h5-7,14H,2-4H2,1H3. The molecule has 0 atom stereocenters. The van der Waals surface area contributed by atoms with Crippen LogP contribution in [0.2, 0.25) is 0 Å². The van der Waals surface area contributed by atoms with Gasteiger partial charge in [-0.25, -0.2) is 0 Å². The third-order valence-electron chi connectivity index (χ3n) is 2.66. The number of aryl methyl sites for hydroxylation is 1. The van der Waals surface area contributed by atoms with E-state index in [2.05, 4.69) is 0 Å². The van der Waals surface area contributed by atoms with E-state index in [1.165, 1.54) is 7.11 Å². The van der Waals surface area contributed by atoms with Gasteiger partial charge in [0.05, 0.1) is 12.8 Å². The van der Waals surface area contributed by atoms with Crippen LogP contribution in [-0.4, -0.2) is 25.2 Å². The van der Waals surface area contributed by atoms with Gasteiger partial charge in [0.25, 0.3) is 0 Å². The number of aromatic hydroxyl groups is 1. The van der Waals surface area contributed by atoms with E-state index < -0.39 is 0 Å². The number of ether oxygens (including phenoxy) is 1. The van der Waals surface area contributed by atoms with E-state index in [0.717, 1.165) is 37.0 Å². The van der Waals surface area contributed by atoms with Crippen molar-refractivity contribution in [2.24, 2.45) is 0 Å². The fourth-order valence-electron chi connectivity index (χ4n) is 1.90. The second-order valence-corrected chi connectivity index (χ2v) is 3.56. The highest BCUT2D eigenvalue weighted by Gasteiger charge is 2.18. The van der Waals surface area contributed by atoms with E-state index in [0.29, 0.717) is 5.75 Å². The Bertz CT molecular complexity index is 390. The van der Waals surface area contributed by atoms with Crippen LogP contribution < -0.4 is 9.64 Å². The number of benzene rings is 1. The Morgan fingerprint density at radius 2 is 2.33 bits per heavy atom. The van der Waals surface area contributed by atoms with Gasteiger partial charge in [-0.1, -0.05) is 0 Å². The van der Waals surface area contributed by atoms with E-state index in [1.807, 2.05) is 0 Å². The van der Waals surface area contributed by atoms with Gasteiger partial charge in [-0.3, -0.25) is 4.79 Å². The van der Waals surface area contributed by atoms with Gasteiger partial charge in [0, 0.05) is 12.6 Å². The van der Waals surface area contributed by atoms with Crippen molar-refractivity contribution in [1.29, 1.82) is 0 Å². The third-order valence-corrected chi connectivity index (χ3v) is 2.66. The number of fused-ring (bicyclic) bond motifs is 1. The molecule has 1 aliphatic rings. The molecular formula is C11H13NO3. The summed E-state index contributed by atoms with van der Waals surface area (Å²) in [4.78, 5) is 12.5. The number of amides is 1. The molecule has 4 nitrogen and oxygen atoms in total. The molecule has 0 radical (unpaired) electrons. The second-order valence-electron chi connectivity index (χ2n) is 3.56. The van der Waals surface area contributed by atoms with Crippen LogP contribution in [0.25, 0.3) is 0 Å². The van der Waals surface area contributed by atoms with Crippen LogP contribution in [0.5, 0.6) is 11.5 Å². The van der Waals surface area contributed by atoms with Crippen LogP contribution in [-0.2, 0) is 11.2 Å². The van der Waals surface area contributed by atoms with Gasteiger partial charge in [-0.15, -0.1) is 0 Å². The smallest absolute Gasteiger partial charge is 0.214 e. The van der Waals surface area contributed by atoms with Crippen LogP contribution in [0.3, 0.4) is 0 Å². The molecule has 1 heterocycles. The summed E-state index contributed by atoms with van der Waals surface area (Å²) in [5.41, 5.74) is 1.83. The molecule has 80 valence electrons. The summed E-state index contributed by atoms with van der Waals surface area (Å²) < 4.78 is 5.01. The molecular weight excluding hydrogens is 194 g/mol. The summed E-state index contributed by atoms with van der Waals surface area (Å²) in [6.07, 6.45) is 2.63. The lowest BCUT2D eigenvalue weighted by Gasteiger charge is -2.26. The molecule has 15 heavy (non-hydrogen) atoms. The van der Waals surface area contributed by atoms with Gasteiger partial charge < -0.3 is 14.7 Å². The fourth-order valence-corrected chi connectivity index (χ4v) is 1.90. The van der Waals surface area contributed by atoms with Gasteiger partial charge in [-0.05, 0) is 24.5 Å². The Kier molecular flexibility index (Phi) is 2.49. The van der Waals surface area contributed by atoms with Crippen molar-refractivity contribution in [3.8, 4) is 11.5 Å². The van der Waals surface area contributed by atoms with Crippen molar-refractivity contribution in [3.63, 3.8) is 0 Å². The minimum atomic E-state index is 0.129. The molecule has 1 aromatic carbocycles. The molecule has 2 rings (SSSR count). The highest BCUT2D eigenvalue weighted by Crippen LogP contribution is 2.36. The van der Waals surface area contributed by atoms with Gasteiger partial charge in [-0.2, -0.15) is 0 Å². The molecule has 0 unspecified atom stereocenters. The maximum atomic E-state index is 10.8. The number of phenolic OH excluding ortho intramolecular Hbond substituents is 1. The molecule has 0 aromatic heterocycles. The summed E-state index contributed by atoms with van der Waals surface area (Å²) in [6, 6.07) is 3.38. The molecule has 0 spiro atoms. The molecule has 0 saturated carbocycles. The number of nitrogens with zero attached hydrogens (tertiary/aromatic N) is 1. The highest BCUT2D eigenvalue weighted by molar-refractivity contribution is 5.79. The first kappa shape index (κ1) is 9.83. The van der Waals surface area contributed by atoms with E-state index in [1.54, 1.807) is 17.0 Å². The molecule has 1 N–H and O–H groups in total. The normalized spacial score (nSPS) is 14.6. The second kappa shape index (κ2) is 3.81. The van der Waals surface area contributed by atoms with Crippen LogP contribution >= 0.6 is 0 Å². The van der Waals surface area contributed by atoms with Gasteiger partial charge in [0.2, 0.25) is 6.41 Å². The molecule has 0 saturated heterocycles. The minimum absolute atomic E-state index is 0.129. The van der Waals surface area contributed by atoms with Crippen molar-refractivity contribution < 1.29 is 14.6 Å². The molecule has 1 aliphatic heterocycles. The van der Waals surface area contributed by atoms with Gasteiger partial charge >= 0.3 is 0 Å². The fraction of sp³-hybridized carbons (Fsp3) is 0.364. The monoisotopic (exact) mass is 207 g/mol. The zero-order valence-electron chi connectivity index (χ0n) is 8.56. The van der Waals surface area contributed by atoms with Crippen LogP contribution in [0.15, 0.2) is 12.1 Å². The molecule has 0 aliphatic carbocycles. The lowest BCUT2D eigenvalue weighted by molar-refractivity contribution is -0.107. The first-order chi connectivity index (χ1) is 7.26. The summed E-state index contributed by atoms with van der Waals surface area (Å²) in [7, 11) is 1.50. The minimum Gasteiger partial charge on any atom is -0.504 e. The van der Waals surface area contributed by atoms with Crippen molar-refractivity contribution in [2.75, 3.05) is 18.6 Å². The zero-order valence-corrected chi connectivity index (χ0v) is 8.56. The third kappa shape index (κ3) is 1.63. The number of phenols is 1. The van der Waals surface area contributed by atoms with E-state index in [-0.39, 0.29) is 5.75 Å². The summed E-state index contributed by atoms with van der Waals surface area (Å²) >= 11 is 0. The average molecular weight is 207 g/mol. The van der Waals surface area contributed by atoms with E-state index in [4.69, 9.17) is 4.74 Å². The number of carbonyl (C=O) groups excluding carboxylic acids is 1.